The number of hydrogen-bond donors (Lipinski definition) is 1. The van der Waals surface area contributed by atoms with E-state index in [0.29, 0.717) is 23.6 Å². The predicted molar refractivity (Wildman–Crippen MR) is 76.8 cm³/mol. The van der Waals surface area contributed by atoms with Crippen LogP contribution in [0.5, 0.6) is 5.75 Å². The maximum absolute atomic E-state index is 11.9. The van der Waals surface area contributed by atoms with Gasteiger partial charge in [0.05, 0.1) is 13.7 Å². The summed E-state index contributed by atoms with van der Waals surface area (Å²) in [4.78, 5) is 11.9. The zero-order valence-electron chi connectivity index (χ0n) is 11.2. The Morgan fingerprint density at radius 2 is 2.10 bits per heavy atom. The molecule has 4 nitrogen and oxygen atoms in total. The first-order chi connectivity index (χ1) is 9.69. The lowest BCUT2D eigenvalue weighted by Gasteiger charge is -2.10. The van der Waals surface area contributed by atoms with Gasteiger partial charge in [-0.05, 0) is 41.0 Å². The molecule has 0 unspecified atom stereocenters. The monoisotopic (exact) mass is 269 g/mol. The largest absolute Gasteiger partial charge is 0.492 e. The number of nitrogen functional groups attached to an aromatic ring is 1. The van der Waals surface area contributed by atoms with E-state index in [1.165, 1.54) is 7.11 Å². The van der Waals surface area contributed by atoms with E-state index in [-0.39, 0.29) is 5.97 Å². The van der Waals surface area contributed by atoms with E-state index in [0.717, 1.165) is 23.1 Å². The third kappa shape index (κ3) is 2.09. The summed E-state index contributed by atoms with van der Waals surface area (Å²) in [6, 6.07) is 11.4. The first-order valence-electron chi connectivity index (χ1n) is 6.43. The van der Waals surface area contributed by atoms with Crippen LogP contribution in [-0.2, 0) is 11.2 Å². The first kappa shape index (κ1) is 12.5. The highest BCUT2D eigenvalue weighted by Crippen LogP contribution is 2.35. The second-order valence-electron chi connectivity index (χ2n) is 4.73. The lowest BCUT2D eigenvalue weighted by atomic mass is 9.98. The highest BCUT2D eigenvalue weighted by Gasteiger charge is 2.23. The van der Waals surface area contributed by atoms with E-state index in [1.54, 1.807) is 6.07 Å². The van der Waals surface area contributed by atoms with Gasteiger partial charge in [-0.2, -0.15) is 0 Å². The third-order valence-electron chi connectivity index (χ3n) is 3.41. The van der Waals surface area contributed by atoms with Gasteiger partial charge in [0.2, 0.25) is 0 Å². The summed E-state index contributed by atoms with van der Waals surface area (Å²) in [6.45, 7) is 0.597. The second kappa shape index (κ2) is 4.89. The van der Waals surface area contributed by atoms with Crippen LogP contribution >= 0.6 is 0 Å². The molecule has 2 aromatic carbocycles. The summed E-state index contributed by atoms with van der Waals surface area (Å²) in [5.41, 5.74) is 9.94. The molecule has 0 amide bonds. The Morgan fingerprint density at radius 3 is 2.85 bits per heavy atom. The lowest BCUT2D eigenvalue weighted by Crippen LogP contribution is -2.04. The van der Waals surface area contributed by atoms with Crippen molar-refractivity contribution < 1.29 is 14.3 Å². The number of ether oxygens (including phenoxy) is 2. The van der Waals surface area contributed by atoms with Crippen LogP contribution < -0.4 is 10.5 Å². The molecule has 0 saturated heterocycles. The Morgan fingerprint density at radius 1 is 1.25 bits per heavy atom. The zero-order valence-corrected chi connectivity index (χ0v) is 11.2. The number of nitrogens with two attached hydrogens (primary N) is 1. The normalized spacial score (nSPS) is 12.7. The zero-order chi connectivity index (χ0) is 14.1. The molecule has 0 spiro atoms. The Hall–Kier alpha value is -2.49. The second-order valence-corrected chi connectivity index (χ2v) is 4.73. The summed E-state index contributed by atoms with van der Waals surface area (Å²) in [7, 11) is 1.37. The summed E-state index contributed by atoms with van der Waals surface area (Å²) in [5, 5.41) is 0. The van der Waals surface area contributed by atoms with Gasteiger partial charge in [0.25, 0.3) is 0 Å². The summed E-state index contributed by atoms with van der Waals surface area (Å²) in [5.74, 6) is 0.262. The van der Waals surface area contributed by atoms with Crippen molar-refractivity contribution in [2.75, 3.05) is 19.5 Å². The third-order valence-corrected chi connectivity index (χ3v) is 3.41. The van der Waals surface area contributed by atoms with Crippen molar-refractivity contribution in [2.45, 2.75) is 6.42 Å². The molecule has 1 aliphatic rings. The van der Waals surface area contributed by atoms with Crippen LogP contribution in [0.2, 0.25) is 0 Å². The average Bonchev–Trinajstić information content (AvgIpc) is 2.93. The van der Waals surface area contributed by atoms with E-state index in [9.17, 15) is 4.79 Å². The Kier molecular flexibility index (Phi) is 3.06. The molecule has 102 valence electrons. The molecule has 2 aromatic rings. The Labute approximate surface area is 117 Å². The first-order valence-corrected chi connectivity index (χ1v) is 6.43. The van der Waals surface area contributed by atoms with Gasteiger partial charge < -0.3 is 15.2 Å². The molecule has 2 N–H and O–H groups in total. The number of carbonyl (C=O) groups excluding carboxylic acids is 1. The number of hydrogen-bond acceptors (Lipinski definition) is 4. The molecule has 0 atom stereocenters. The van der Waals surface area contributed by atoms with Gasteiger partial charge in [-0.25, -0.2) is 4.79 Å². The minimum atomic E-state index is -0.381. The fourth-order valence-electron chi connectivity index (χ4n) is 2.45. The van der Waals surface area contributed by atoms with Crippen LogP contribution in [0.25, 0.3) is 11.1 Å². The molecule has 0 fully saturated rings. The smallest absolute Gasteiger partial charge is 0.341 e. The van der Waals surface area contributed by atoms with Gasteiger partial charge >= 0.3 is 5.97 Å². The number of benzene rings is 2. The average molecular weight is 269 g/mol. The minimum Gasteiger partial charge on any atom is -0.492 e. The van der Waals surface area contributed by atoms with E-state index < -0.39 is 0 Å². The van der Waals surface area contributed by atoms with Gasteiger partial charge in [-0.3, -0.25) is 0 Å². The number of carbonyl (C=O) groups is 1. The van der Waals surface area contributed by atoms with Crippen molar-refractivity contribution in [3.63, 3.8) is 0 Å². The number of fused-ring (bicyclic) bond motifs is 1. The number of anilines is 1. The van der Waals surface area contributed by atoms with Crippen LogP contribution in [0, 0.1) is 0 Å². The van der Waals surface area contributed by atoms with Crippen molar-refractivity contribution in [1.29, 1.82) is 0 Å². The van der Waals surface area contributed by atoms with Gasteiger partial charge in [0.1, 0.15) is 11.3 Å². The van der Waals surface area contributed by atoms with Crippen LogP contribution in [0.15, 0.2) is 36.4 Å². The fraction of sp³-hybridized carbons (Fsp3) is 0.188. The van der Waals surface area contributed by atoms with Crippen molar-refractivity contribution >= 4 is 11.7 Å². The minimum absolute atomic E-state index is 0.381. The summed E-state index contributed by atoms with van der Waals surface area (Å²) in [6.07, 6.45) is 0.801. The van der Waals surface area contributed by atoms with Gasteiger partial charge in [-0.15, -0.1) is 0 Å². The highest BCUT2D eigenvalue weighted by molar-refractivity contribution is 5.95. The van der Waals surface area contributed by atoms with Crippen molar-refractivity contribution in [3.8, 4) is 16.9 Å². The molecule has 0 aromatic heterocycles. The molecule has 20 heavy (non-hydrogen) atoms. The SMILES string of the molecule is COC(=O)c1cc(-c2cccc(N)c2)cc2c1OCC2. The number of esters is 1. The Bertz CT molecular complexity index is 679. The summed E-state index contributed by atoms with van der Waals surface area (Å²) < 4.78 is 10.4. The number of methoxy groups -OCH3 is 1. The molecule has 4 heteroatoms. The van der Waals surface area contributed by atoms with Gasteiger partial charge in [-0.1, -0.05) is 12.1 Å². The molecular formula is C16H15NO3. The van der Waals surface area contributed by atoms with Crippen LogP contribution in [0.3, 0.4) is 0 Å². The van der Waals surface area contributed by atoms with E-state index >= 15 is 0 Å². The maximum atomic E-state index is 11.9. The van der Waals surface area contributed by atoms with E-state index in [1.807, 2.05) is 30.3 Å². The van der Waals surface area contributed by atoms with E-state index in [2.05, 4.69) is 0 Å². The molecule has 0 saturated carbocycles. The molecule has 3 rings (SSSR count). The number of rotatable bonds is 2. The summed E-state index contributed by atoms with van der Waals surface area (Å²) >= 11 is 0. The van der Waals surface area contributed by atoms with E-state index in [4.69, 9.17) is 15.2 Å². The molecule has 1 heterocycles. The Balaban J connectivity index is 2.16. The topological polar surface area (TPSA) is 61.5 Å². The fourth-order valence-corrected chi connectivity index (χ4v) is 2.45. The van der Waals surface area contributed by atoms with Crippen molar-refractivity contribution in [3.05, 3.63) is 47.5 Å². The molecule has 0 bridgehead atoms. The predicted octanol–water partition coefficient (Wildman–Crippen LogP) is 2.66. The standard InChI is InChI=1S/C16H15NO3/c1-19-16(18)14-9-12(7-11-5-6-20-15(11)14)10-3-2-4-13(17)8-10/h2-4,7-9H,5-6,17H2,1H3. The molecular weight excluding hydrogens is 254 g/mol. The van der Waals surface area contributed by atoms with Crippen LogP contribution in [0.1, 0.15) is 15.9 Å². The highest BCUT2D eigenvalue weighted by atomic mass is 16.5. The van der Waals surface area contributed by atoms with Crippen molar-refractivity contribution in [2.24, 2.45) is 0 Å². The van der Waals surface area contributed by atoms with Gasteiger partial charge in [0, 0.05) is 12.1 Å². The van der Waals surface area contributed by atoms with Gasteiger partial charge in [0.15, 0.2) is 0 Å². The van der Waals surface area contributed by atoms with Crippen LogP contribution in [-0.4, -0.2) is 19.7 Å². The lowest BCUT2D eigenvalue weighted by molar-refractivity contribution is 0.0597. The molecule has 1 aliphatic heterocycles. The molecule has 0 radical (unpaired) electrons. The van der Waals surface area contributed by atoms with Crippen molar-refractivity contribution in [1.82, 2.24) is 0 Å². The maximum Gasteiger partial charge on any atom is 0.341 e. The molecule has 0 aliphatic carbocycles. The van der Waals surface area contributed by atoms with Crippen LogP contribution in [0.4, 0.5) is 5.69 Å². The quantitative estimate of drug-likeness (QED) is 0.672.